The third-order valence-electron chi connectivity index (χ3n) is 2.91. The molecule has 0 spiro atoms. The SMILES string of the molecule is CC(C)(C)NCc1ccnc(Nc2ccccc2Cl)c1F. The highest BCUT2D eigenvalue weighted by Crippen LogP contribution is 2.26. The van der Waals surface area contributed by atoms with Crippen LogP contribution in [-0.2, 0) is 6.54 Å². The van der Waals surface area contributed by atoms with Crippen molar-refractivity contribution >= 4 is 23.1 Å². The summed E-state index contributed by atoms with van der Waals surface area (Å²) in [5, 5.41) is 6.72. The molecule has 2 rings (SSSR count). The minimum absolute atomic E-state index is 0.0773. The maximum atomic E-state index is 14.5. The number of anilines is 2. The molecular weight excluding hydrogens is 289 g/mol. The summed E-state index contributed by atoms with van der Waals surface area (Å²) in [6.45, 7) is 6.55. The van der Waals surface area contributed by atoms with Gasteiger partial charge in [-0.3, -0.25) is 0 Å². The molecule has 5 heteroatoms. The Morgan fingerprint density at radius 2 is 1.90 bits per heavy atom. The molecule has 2 N–H and O–H groups in total. The highest BCUT2D eigenvalue weighted by atomic mass is 35.5. The van der Waals surface area contributed by atoms with Crippen LogP contribution < -0.4 is 10.6 Å². The molecule has 0 amide bonds. The van der Waals surface area contributed by atoms with Crippen LogP contribution in [0.3, 0.4) is 0 Å². The Morgan fingerprint density at radius 1 is 1.19 bits per heavy atom. The van der Waals surface area contributed by atoms with Crippen LogP contribution in [0.4, 0.5) is 15.9 Å². The lowest BCUT2D eigenvalue weighted by molar-refractivity contribution is 0.418. The Kier molecular flexibility index (Phi) is 4.80. The molecule has 1 heterocycles. The summed E-state index contributed by atoms with van der Waals surface area (Å²) < 4.78 is 14.5. The lowest BCUT2D eigenvalue weighted by atomic mass is 10.1. The van der Waals surface area contributed by atoms with Crippen LogP contribution in [-0.4, -0.2) is 10.5 Å². The topological polar surface area (TPSA) is 37.0 Å². The van der Waals surface area contributed by atoms with Gasteiger partial charge in [0.05, 0.1) is 10.7 Å². The van der Waals surface area contributed by atoms with Crippen LogP contribution in [0, 0.1) is 5.82 Å². The van der Waals surface area contributed by atoms with Crippen molar-refractivity contribution in [2.45, 2.75) is 32.9 Å². The Morgan fingerprint density at radius 3 is 2.57 bits per heavy atom. The average Bonchev–Trinajstić information content (AvgIpc) is 2.41. The second-order valence-electron chi connectivity index (χ2n) is 5.84. The van der Waals surface area contributed by atoms with Crippen LogP contribution in [0.2, 0.25) is 5.02 Å². The van der Waals surface area contributed by atoms with Gasteiger partial charge in [-0.15, -0.1) is 0 Å². The second kappa shape index (κ2) is 6.41. The normalized spacial score (nSPS) is 11.5. The summed E-state index contributed by atoms with van der Waals surface area (Å²) in [4.78, 5) is 4.05. The molecule has 1 aromatic carbocycles. The van der Waals surface area contributed by atoms with Gasteiger partial charge in [-0.2, -0.15) is 0 Å². The minimum Gasteiger partial charge on any atom is -0.337 e. The van der Waals surface area contributed by atoms with Gasteiger partial charge in [-0.05, 0) is 39.0 Å². The van der Waals surface area contributed by atoms with Crippen LogP contribution in [0.25, 0.3) is 0 Å². The molecule has 0 radical (unpaired) electrons. The number of para-hydroxylation sites is 1. The fourth-order valence-electron chi connectivity index (χ4n) is 1.76. The zero-order chi connectivity index (χ0) is 15.5. The molecule has 0 saturated heterocycles. The largest absolute Gasteiger partial charge is 0.337 e. The summed E-state index contributed by atoms with van der Waals surface area (Å²) in [7, 11) is 0. The predicted octanol–water partition coefficient (Wildman–Crippen LogP) is 4.51. The van der Waals surface area contributed by atoms with E-state index >= 15 is 0 Å². The van der Waals surface area contributed by atoms with E-state index in [1.165, 1.54) is 0 Å². The van der Waals surface area contributed by atoms with Crippen molar-refractivity contribution in [2.24, 2.45) is 0 Å². The van der Waals surface area contributed by atoms with E-state index in [9.17, 15) is 4.39 Å². The van der Waals surface area contributed by atoms with Crippen molar-refractivity contribution in [3.63, 3.8) is 0 Å². The van der Waals surface area contributed by atoms with Gasteiger partial charge in [-0.1, -0.05) is 23.7 Å². The molecule has 0 unspecified atom stereocenters. The van der Waals surface area contributed by atoms with E-state index in [1.807, 2.05) is 32.9 Å². The number of pyridine rings is 1. The summed E-state index contributed by atoms with van der Waals surface area (Å²) in [5.41, 5.74) is 1.12. The van der Waals surface area contributed by atoms with Crippen LogP contribution in [0.5, 0.6) is 0 Å². The molecule has 0 bridgehead atoms. The van der Waals surface area contributed by atoms with Crippen molar-refractivity contribution in [3.8, 4) is 0 Å². The third-order valence-corrected chi connectivity index (χ3v) is 3.23. The van der Waals surface area contributed by atoms with Crippen molar-refractivity contribution < 1.29 is 4.39 Å². The quantitative estimate of drug-likeness (QED) is 0.873. The molecule has 3 nitrogen and oxygen atoms in total. The van der Waals surface area contributed by atoms with Gasteiger partial charge >= 0.3 is 0 Å². The van der Waals surface area contributed by atoms with E-state index in [0.717, 1.165) is 0 Å². The number of rotatable bonds is 4. The van der Waals surface area contributed by atoms with Crippen molar-refractivity contribution in [3.05, 3.63) is 52.9 Å². The third kappa shape index (κ3) is 4.41. The second-order valence-corrected chi connectivity index (χ2v) is 6.25. The van der Waals surface area contributed by atoms with E-state index in [2.05, 4.69) is 15.6 Å². The number of hydrogen-bond donors (Lipinski definition) is 2. The molecule has 21 heavy (non-hydrogen) atoms. The number of nitrogens with one attached hydrogen (secondary N) is 2. The predicted molar refractivity (Wildman–Crippen MR) is 85.5 cm³/mol. The highest BCUT2D eigenvalue weighted by molar-refractivity contribution is 6.33. The maximum absolute atomic E-state index is 14.5. The molecule has 0 saturated carbocycles. The standard InChI is InChI=1S/C16H19ClFN3/c1-16(2,3)20-10-11-8-9-19-15(14(11)18)21-13-7-5-4-6-12(13)17/h4-9,20H,10H2,1-3H3,(H,19,21). The summed E-state index contributed by atoms with van der Waals surface area (Å²) in [6.07, 6.45) is 1.59. The molecule has 112 valence electrons. The first-order chi connectivity index (χ1) is 9.87. The van der Waals surface area contributed by atoms with Crippen molar-refractivity contribution in [1.82, 2.24) is 10.3 Å². The van der Waals surface area contributed by atoms with Crippen LogP contribution in [0.1, 0.15) is 26.3 Å². The number of benzene rings is 1. The Hall–Kier alpha value is -1.65. The fraction of sp³-hybridized carbons (Fsp3) is 0.312. The average molecular weight is 308 g/mol. The monoisotopic (exact) mass is 307 g/mol. The molecule has 0 aliphatic carbocycles. The maximum Gasteiger partial charge on any atom is 0.170 e. The molecule has 2 aromatic rings. The number of hydrogen-bond acceptors (Lipinski definition) is 3. The molecular formula is C16H19ClFN3. The fourth-order valence-corrected chi connectivity index (χ4v) is 1.94. The molecule has 0 atom stereocenters. The van der Waals surface area contributed by atoms with Crippen molar-refractivity contribution in [2.75, 3.05) is 5.32 Å². The Balaban J connectivity index is 2.20. The molecule has 0 fully saturated rings. The molecule has 0 aliphatic heterocycles. The lowest BCUT2D eigenvalue weighted by Gasteiger charge is -2.21. The molecule has 1 aromatic heterocycles. The minimum atomic E-state index is -0.367. The number of nitrogens with zero attached hydrogens (tertiary/aromatic N) is 1. The first kappa shape index (κ1) is 15.7. The van der Waals surface area contributed by atoms with Crippen LogP contribution >= 0.6 is 11.6 Å². The van der Waals surface area contributed by atoms with Crippen molar-refractivity contribution in [1.29, 1.82) is 0 Å². The highest BCUT2D eigenvalue weighted by Gasteiger charge is 2.14. The summed E-state index contributed by atoms with van der Waals surface area (Å²) in [6, 6.07) is 8.85. The Labute approximate surface area is 129 Å². The van der Waals surface area contributed by atoms with E-state index < -0.39 is 0 Å². The first-order valence-corrected chi connectivity index (χ1v) is 7.14. The zero-order valence-corrected chi connectivity index (χ0v) is 13.1. The smallest absolute Gasteiger partial charge is 0.170 e. The number of halogens is 2. The Bertz CT molecular complexity index is 623. The molecule has 0 aliphatic rings. The first-order valence-electron chi connectivity index (χ1n) is 6.77. The van der Waals surface area contributed by atoms with Gasteiger partial charge < -0.3 is 10.6 Å². The van der Waals surface area contributed by atoms with Crippen LogP contribution in [0.15, 0.2) is 36.5 Å². The van der Waals surface area contributed by atoms with Gasteiger partial charge in [0.2, 0.25) is 0 Å². The van der Waals surface area contributed by atoms with E-state index in [0.29, 0.717) is 22.8 Å². The van der Waals surface area contributed by atoms with Gasteiger partial charge in [-0.25, -0.2) is 9.37 Å². The summed E-state index contributed by atoms with van der Waals surface area (Å²) in [5.74, 6) is -0.189. The van der Waals surface area contributed by atoms with E-state index in [4.69, 9.17) is 11.6 Å². The zero-order valence-electron chi connectivity index (χ0n) is 12.4. The van der Waals surface area contributed by atoms with Gasteiger partial charge in [0.1, 0.15) is 0 Å². The van der Waals surface area contributed by atoms with E-state index in [1.54, 1.807) is 24.4 Å². The van der Waals surface area contributed by atoms with Gasteiger partial charge in [0.25, 0.3) is 0 Å². The summed E-state index contributed by atoms with van der Waals surface area (Å²) >= 11 is 6.06. The number of aromatic nitrogens is 1. The lowest BCUT2D eigenvalue weighted by Crippen LogP contribution is -2.35. The van der Waals surface area contributed by atoms with Gasteiger partial charge in [0, 0.05) is 23.8 Å². The van der Waals surface area contributed by atoms with E-state index in [-0.39, 0.29) is 17.2 Å². The van der Waals surface area contributed by atoms with Gasteiger partial charge in [0.15, 0.2) is 11.6 Å².